The van der Waals surface area contributed by atoms with Crippen molar-refractivity contribution in [3.63, 3.8) is 0 Å². The molecule has 19 heavy (non-hydrogen) atoms. The van der Waals surface area contributed by atoms with Crippen molar-refractivity contribution < 1.29 is 9.27 Å². The average Bonchev–Trinajstić information content (AvgIpc) is 2.11. The number of pyridine rings is 1. The third-order valence-electron chi connectivity index (χ3n) is 3.41. The number of nitrogens with zero attached hydrogens (tertiary/aromatic N) is 1. The minimum absolute atomic E-state index is 0.0221. The van der Waals surface area contributed by atoms with E-state index >= 15 is 0 Å². The van der Waals surface area contributed by atoms with E-state index in [0.29, 0.717) is 0 Å². The molecule has 0 aliphatic carbocycles. The van der Waals surface area contributed by atoms with E-state index in [2.05, 4.69) is 62.3 Å². The first kappa shape index (κ1) is 16.1. The molecule has 0 fully saturated rings. The summed E-state index contributed by atoms with van der Waals surface area (Å²) in [5.74, 6) is 0. The van der Waals surface area contributed by atoms with Crippen LogP contribution in [0.4, 0.5) is 4.48 Å². The zero-order valence-corrected chi connectivity index (χ0v) is 14.0. The Morgan fingerprint density at radius 3 is 1.21 bits per heavy atom. The lowest BCUT2D eigenvalue weighted by Gasteiger charge is -2.24. The summed E-state index contributed by atoms with van der Waals surface area (Å²) in [6, 6.07) is 4.02. The quantitative estimate of drug-likeness (QED) is 0.646. The molecule has 0 aromatic carbocycles. The third kappa shape index (κ3) is 3.55. The fraction of sp³-hybridized carbons (Fsp3) is 0.706. The molecule has 0 saturated carbocycles. The lowest BCUT2D eigenvalue weighted by atomic mass is 9.80. The van der Waals surface area contributed by atoms with Crippen LogP contribution in [0.5, 0.6) is 0 Å². The highest BCUT2D eigenvalue weighted by atomic mass is 19.2. The Labute approximate surface area is 117 Å². The molecular formula is C17H29FN+. The molecule has 0 atom stereocenters. The second-order valence-electron chi connectivity index (χ2n) is 8.55. The normalized spacial score (nSPS) is 13.8. The van der Waals surface area contributed by atoms with Gasteiger partial charge in [0.1, 0.15) is 0 Å². The Morgan fingerprint density at radius 1 is 0.684 bits per heavy atom. The summed E-state index contributed by atoms with van der Waals surface area (Å²) in [4.78, 5) is 0.884. The van der Waals surface area contributed by atoms with Crippen molar-refractivity contribution in [2.24, 2.45) is 0 Å². The van der Waals surface area contributed by atoms with Gasteiger partial charge in [0.25, 0.3) is 0 Å². The number of hydrogen-bond acceptors (Lipinski definition) is 0. The second-order valence-corrected chi connectivity index (χ2v) is 8.55. The van der Waals surface area contributed by atoms with Crippen molar-refractivity contribution in [3.8, 4) is 0 Å². The molecular weight excluding hydrogens is 237 g/mol. The van der Waals surface area contributed by atoms with Gasteiger partial charge in [-0.1, -0.05) is 62.3 Å². The summed E-state index contributed by atoms with van der Waals surface area (Å²) in [5.41, 5.74) is 2.27. The van der Waals surface area contributed by atoms with Gasteiger partial charge in [-0.2, -0.15) is 0 Å². The molecule has 0 radical (unpaired) electrons. The smallest absolute Gasteiger partial charge is 0.0561 e. The maximum atomic E-state index is 14.7. The average molecular weight is 266 g/mol. The number of halogens is 1. The molecule has 108 valence electrons. The summed E-state index contributed by atoms with van der Waals surface area (Å²) >= 11 is 0. The van der Waals surface area contributed by atoms with E-state index in [4.69, 9.17) is 0 Å². The van der Waals surface area contributed by atoms with Crippen LogP contribution in [0.1, 0.15) is 79.3 Å². The van der Waals surface area contributed by atoms with Gasteiger partial charge in [0, 0.05) is 16.9 Å². The fourth-order valence-corrected chi connectivity index (χ4v) is 2.03. The lowest BCUT2D eigenvalue weighted by Crippen LogP contribution is -2.44. The van der Waals surface area contributed by atoms with Gasteiger partial charge in [-0.15, -0.1) is 0 Å². The van der Waals surface area contributed by atoms with Crippen LogP contribution >= 0.6 is 0 Å². The van der Waals surface area contributed by atoms with E-state index < -0.39 is 0 Å². The summed E-state index contributed by atoms with van der Waals surface area (Å²) in [6.45, 7) is 18.8. The van der Waals surface area contributed by atoms with Crippen molar-refractivity contribution in [2.75, 3.05) is 0 Å². The standard InChI is InChI=1S/C17H29FN/c1-15(2,3)12-10-13(16(4,5)6)19(18)14(11-12)17(7,8)9/h10-11H,1-9H3/q+1. The van der Waals surface area contributed by atoms with Gasteiger partial charge in [0.15, 0.2) is 0 Å². The highest BCUT2D eigenvalue weighted by Crippen LogP contribution is 2.31. The van der Waals surface area contributed by atoms with Crippen molar-refractivity contribution in [1.82, 2.24) is 0 Å². The molecule has 1 rings (SSSR count). The Balaban J connectivity index is 3.68. The van der Waals surface area contributed by atoms with Crippen molar-refractivity contribution in [3.05, 3.63) is 29.1 Å². The third-order valence-corrected chi connectivity index (χ3v) is 3.41. The van der Waals surface area contributed by atoms with Gasteiger partial charge >= 0.3 is 0 Å². The van der Waals surface area contributed by atoms with E-state index in [0.717, 1.165) is 16.2 Å². The molecule has 0 N–H and O–H groups in total. The van der Waals surface area contributed by atoms with Gasteiger partial charge in [0.05, 0.1) is 15.3 Å². The molecule has 0 bridgehead atoms. The van der Waals surface area contributed by atoms with E-state index in [1.807, 2.05) is 12.1 Å². The Kier molecular flexibility index (Phi) is 3.88. The second kappa shape index (κ2) is 4.57. The molecule has 0 aliphatic rings. The van der Waals surface area contributed by atoms with Gasteiger partial charge in [0.2, 0.25) is 11.4 Å². The van der Waals surface area contributed by atoms with Crippen molar-refractivity contribution in [2.45, 2.75) is 78.6 Å². The molecule has 0 aliphatic heterocycles. The lowest BCUT2D eigenvalue weighted by molar-refractivity contribution is -0.859. The predicted octanol–water partition coefficient (Wildman–Crippen LogP) is 4.60. The monoisotopic (exact) mass is 266 g/mol. The molecule has 1 heterocycles. The molecule has 1 aromatic heterocycles. The van der Waals surface area contributed by atoms with Crippen LogP contribution in [-0.4, -0.2) is 0 Å². The zero-order chi connectivity index (χ0) is 15.2. The van der Waals surface area contributed by atoms with E-state index in [-0.39, 0.29) is 16.2 Å². The van der Waals surface area contributed by atoms with Gasteiger partial charge in [-0.25, -0.2) is 0 Å². The van der Waals surface area contributed by atoms with Crippen LogP contribution in [0.15, 0.2) is 12.1 Å². The van der Waals surface area contributed by atoms with Gasteiger partial charge in [-0.05, 0) is 11.0 Å². The van der Waals surface area contributed by atoms with Gasteiger partial charge < -0.3 is 0 Å². The summed E-state index contributed by atoms with van der Waals surface area (Å²) in [6.07, 6.45) is 0. The molecule has 1 aromatic rings. The fourth-order valence-electron chi connectivity index (χ4n) is 2.03. The first-order valence-corrected chi connectivity index (χ1v) is 7.02. The van der Waals surface area contributed by atoms with Crippen LogP contribution in [0.25, 0.3) is 0 Å². The highest BCUT2D eigenvalue weighted by molar-refractivity contribution is 5.28. The Hall–Kier alpha value is -0.920. The van der Waals surface area contributed by atoms with Crippen molar-refractivity contribution in [1.29, 1.82) is 0 Å². The summed E-state index contributed by atoms with van der Waals surface area (Å²) in [5, 5.41) is 0. The minimum atomic E-state index is -0.212. The Morgan fingerprint density at radius 2 is 1.00 bits per heavy atom. The molecule has 2 heteroatoms. The zero-order valence-electron chi connectivity index (χ0n) is 14.0. The maximum absolute atomic E-state index is 14.7. The highest BCUT2D eigenvalue weighted by Gasteiger charge is 2.37. The van der Waals surface area contributed by atoms with Crippen LogP contribution in [-0.2, 0) is 16.2 Å². The van der Waals surface area contributed by atoms with E-state index in [1.54, 1.807) is 0 Å². The maximum Gasteiger partial charge on any atom is 0.236 e. The first-order valence-electron chi connectivity index (χ1n) is 7.02. The van der Waals surface area contributed by atoms with E-state index in [1.165, 1.54) is 5.56 Å². The minimum Gasteiger partial charge on any atom is -0.0561 e. The predicted molar refractivity (Wildman–Crippen MR) is 79.2 cm³/mol. The van der Waals surface area contributed by atoms with Crippen LogP contribution < -0.4 is 4.79 Å². The first-order chi connectivity index (χ1) is 8.24. The van der Waals surface area contributed by atoms with Crippen molar-refractivity contribution >= 4 is 0 Å². The Bertz CT molecular complexity index is 433. The summed E-state index contributed by atoms with van der Waals surface area (Å²) in [7, 11) is 0. The molecule has 0 unspecified atom stereocenters. The van der Waals surface area contributed by atoms with Crippen LogP contribution in [0.2, 0.25) is 0 Å². The van der Waals surface area contributed by atoms with E-state index in [9.17, 15) is 4.48 Å². The molecule has 0 saturated heterocycles. The van der Waals surface area contributed by atoms with Crippen LogP contribution in [0.3, 0.4) is 0 Å². The SMILES string of the molecule is CC(C)(C)c1cc(C(C)(C)C)[n+](F)c(C(C)(C)C)c1. The number of hydrogen-bond donors (Lipinski definition) is 0. The number of rotatable bonds is 0. The molecule has 0 spiro atoms. The van der Waals surface area contributed by atoms with Crippen LogP contribution in [0, 0.1) is 0 Å². The topological polar surface area (TPSA) is 3.88 Å². The summed E-state index contributed by atoms with van der Waals surface area (Å²) < 4.78 is 14.7. The molecule has 0 amide bonds. The molecule has 1 nitrogen and oxygen atoms in total. The van der Waals surface area contributed by atoms with Gasteiger partial charge in [-0.3, -0.25) is 0 Å². The largest absolute Gasteiger partial charge is 0.236 e. The number of aromatic nitrogens is 1.